The van der Waals surface area contributed by atoms with Gasteiger partial charge in [0.2, 0.25) is 0 Å². The monoisotopic (exact) mass is 222 g/mol. The summed E-state index contributed by atoms with van der Waals surface area (Å²) in [6.45, 7) is 5.66. The van der Waals surface area contributed by atoms with Gasteiger partial charge in [0, 0.05) is 18.8 Å². The predicted octanol–water partition coefficient (Wildman–Crippen LogP) is 1.14. The van der Waals surface area contributed by atoms with Crippen LogP contribution < -0.4 is 5.32 Å². The fraction of sp³-hybridized carbons (Fsp3) is 0.500. The van der Waals surface area contributed by atoms with Gasteiger partial charge in [0.05, 0.1) is 0 Å². The first-order valence-electron chi connectivity index (χ1n) is 5.39. The Kier molecular flexibility index (Phi) is 4.43. The number of aryl methyl sites for hydroxylation is 1. The van der Waals surface area contributed by atoms with Crippen molar-refractivity contribution in [1.29, 1.82) is 0 Å². The van der Waals surface area contributed by atoms with Crippen LogP contribution in [0.2, 0.25) is 0 Å². The molecule has 88 valence electrons. The molecular weight excluding hydrogens is 204 g/mol. The number of aromatic nitrogens is 1. The molecule has 0 aliphatic carbocycles. The van der Waals surface area contributed by atoms with Crippen LogP contribution in [-0.4, -0.2) is 28.6 Å². The van der Waals surface area contributed by atoms with Crippen molar-refractivity contribution < 1.29 is 9.90 Å². The smallest absolute Gasteiger partial charge is 0.270 e. The lowest BCUT2D eigenvalue weighted by molar-refractivity contribution is 0.0910. The molecule has 1 heterocycles. The molecule has 4 nitrogen and oxygen atoms in total. The molecule has 0 aliphatic rings. The molecule has 0 saturated heterocycles. The van der Waals surface area contributed by atoms with E-state index in [2.05, 4.69) is 10.3 Å². The van der Waals surface area contributed by atoms with E-state index >= 15 is 0 Å². The molecule has 0 saturated carbocycles. The number of hydrogen-bond donors (Lipinski definition) is 2. The van der Waals surface area contributed by atoms with Crippen LogP contribution in [0.1, 0.15) is 29.9 Å². The number of pyridine rings is 1. The first-order chi connectivity index (χ1) is 7.56. The van der Waals surface area contributed by atoms with E-state index in [1.807, 2.05) is 26.8 Å². The molecular formula is C12H18N2O2. The third-order valence-electron chi connectivity index (χ3n) is 2.72. The summed E-state index contributed by atoms with van der Waals surface area (Å²) in [6.07, 6.45) is 1.60. The molecule has 0 aromatic carbocycles. The molecule has 2 N–H and O–H groups in total. The number of hydrogen-bond acceptors (Lipinski definition) is 3. The zero-order chi connectivity index (χ0) is 12.1. The van der Waals surface area contributed by atoms with E-state index < -0.39 is 0 Å². The molecule has 4 heteroatoms. The van der Waals surface area contributed by atoms with E-state index in [0.29, 0.717) is 5.69 Å². The molecule has 0 aliphatic heterocycles. The lowest BCUT2D eigenvalue weighted by atomic mass is 10.0. The highest BCUT2D eigenvalue weighted by Gasteiger charge is 2.16. The van der Waals surface area contributed by atoms with Crippen LogP contribution in [0.3, 0.4) is 0 Å². The standard InChI is InChI=1S/C12H18N2O2/c1-8-5-4-6-13-11(8)12(16)14-10(3)9(2)7-15/h4-6,9-10,15H,7H2,1-3H3,(H,14,16). The number of carbonyl (C=O) groups is 1. The molecule has 1 rings (SSSR count). The van der Waals surface area contributed by atoms with Crippen LogP contribution in [0.25, 0.3) is 0 Å². The first kappa shape index (κ1) is 12.6. The zero-order valence-electron chi connectivity index (χ0n) is 9.90. The van der Waals surface area contributed by atoms with Crippen molar-refractivity contribution in [2.24, 2.45) is 5.92 Å². The Hall–Kier alpha value is -1.42. The molecule has 0 radical (unpaired) electrons. The van der Waals surface area contributed by atoms with Gasteiger partial charge in [0.15, 0.2) is 0 Å². The summed E-state index contributed by atoms with van der Waals surface area (Å²) >= 11 is 0. The zero-order valence-corrected chi connectivity index (χ0v) is 9.90. The van der Waals surface area contributed by atoms with Gasteiger partial charge in [-0.25, -0.2) is 0 Å². The van der Waals surface area contributed by atoms with Gasteiger partial charge < -0.3 is 10.4 Å². The molecule has 1 aromatic rings. The summed E-state index contributed by atoms with van der Waals surface area (Å²) < 4.78 is 0. The summed E-state index contributed by atoms with van der Waals surface area (Å²) in [5, 5.41) is 11.8. The summed E-state index contributed by atoms with van der Waals surface area (Å²) in [6, 6.07) is 3.58. The van der Waals surface area contributed by atoms with Gasteiger partial charge in [-0.2, -0.15) is 0 Å². The molecule has 0 bridgehead atoms. The Morgan fingerprint density at radius 2 is 2.25 bits per heavy atom. The number of rotatable bonds is 4. The maximum atomic E-state index is 11.8. The normalized spacial score (nSPS) is 14.2. The van der Waals surface area contributed by atoms with Crippen molar-refractivity contribution in [2.45, 2.75) is 26.8 Å². The van der Waals surface area contributed by atoms with Gasteiger partial charge in [-0.1, -0.05) is 13.0 Å². The van der Waals surface area contributed by atoms with Gasteiger partial charge in [-0.3, -0.25) is 9.78 Å². The second kappa shape index (κ2) is 5.61. The lowest BCUT2D eigenvalue weighted by Gasteiger charge is -2.19. The molecule has 2 atom stereocenters. The minimum Gasteiger partial charge on any atom is -0.396 e. The second-order valence-electron chi connectivity index (χ2n) is 4.09. The van der Waals surface area contributed by atoms with Crippen molar-refractivity contribution in [2.75, 3.05) is 6.61 Å². The van der Waals surface area contributed by atoms with E-state index in [4.69, 9.17) is 5.11 Å². The quantitative estimate of drug-likeness (QED) is 0.803. The Morgan fingerprint density at radius 3 is 2.81 bits per heavy atom. The third-order valence-corrected chi connectivity index (χ3v) is 2.72. The topological polar surface area (TPSA) is 62.2 Å². The number of aliphatic hydroxyl groups excluding tert-OH is 1. The highest BCUT2D eigenvalue weighted by atomic mass is 16.3. The largest absolute Gasteiger partial charge is 0.396 e. The summed E-state index contributed by atoms with van der Waals surface area (Å²) in [4.78, 5) is 15.9. The van der Waals surface area contributed by atoms with E-state index in [9.17, 15) is 4.79 Å². The predicted molar refractivity (Wildman–Crippen MR) is 62.2 cm³/mol. The number of nitrogens with zero attached hydrogens (tertiary/aromatic N) is 1. The fourth-order valence-electron chi connectivity index (χ4n) is 1.30. The first-order valence-corrected chi connectivity index (χ1v) is 5.39. The molecule has 2 unspecified atom stereocenters. The average molecular weight is 222 g/mol. The number of carbonyl (C=O) groups excluding carboxylic acids is 1. The van der Waals surface area contributed by atoms with Crippen molar-refractivity contribution in [3.63, 3.8) is 0 Å². The third kappa shape index (κ3) is 3.03. The summed E-state index contributed by atoms with van der Waals surface area (Å²) in [5.74, 6) is -0.154. The number of aliphatic hydroxyl groups is 1. The van der Waals surface area contributed by atoms with E-state index in [-0.39, 0.29) is 24.5 Å². The van der Waals surface area contributed by atoms with Crippen molar-refractivity contribution in [3.8, 4) is 0 Å². The van der Waals surface area contributed by atoms with Gasteiger partial charge in [0.25, 0.3) is 5.91 Å². The molecule has 0 fully saturated rings. The van der Waals surface area contributed by atoms with E-state index in [1.165, 1.54) is 0 Å². The molecule has 1 amide bonds. The Balaban J connectivity index is 2.70. The minimum absolute atomic E-state index is 0.0352. The second-order valence-corrected chi connectivity index (χ2v) is 4.09. The average Bonchev–Trinajstić information content (AvgIpc) is 2.28. The Bertz CT molecular complexity index is 366. The van der Waals surface area contributed by atoms with Gasteiger partial charge in [0.1, 0.15) is 5.69 Å². The molecule has 0 spiro atoms. The number of nitrogens with one attached hydrogen (secondary N) is 1. The van der Waals surface area contributed by atoms with Crippen molar-refractivity contribution >= 4 is 5.91 Å². The van der Waals surface area contributed by atoms with Crippen LogP contribution in [0, 0.1) is 12.8 Å². The Labute approximate surface area is 95.7 Å². The van der Waals surface area contributed by atoms with E-state index in [1.54, 1.807) is 12.3 Å². The van der Waals surface area contributed by atoms with Gasteiger partial charge in [-0.05, 0) is 31.4 Å². The van der Waals surface area contributed by atoms with Gasteiger partial charge in [-0.15, -0.1) is 0 Å². The van der Waals surface area contributed by atoms with Crippen molar-refractivity contribution in [3.05, 3.63) is 29.6 Å². The summed E-state index contributed by atoms with van der Waals surface area (Å²) in [7, 11) is 0. The van der Waals surface area contributed by atoms with Crippen LogP contribution in [-0.2, 0) is 0 Å². The minimum atomic E-state index is -0.189. The van der Waals surface area contributed by atoms with E-state index in [0.717, 1.165) is 5.56 Å². The summed E-state index contributed by atoms with van der Waals surface area (Å²) in [5.41, 5.74) is 1.29. The fourth-order valence-corrected chi connectivity index (χ4v) is 1.30. The number of amides is 1. The Morgan fingerprint density at radius 1 is 1.56 bits per heavy atom. The van der Waals surface area contributed by atoms with Crippen LogP contribution in [0.15, 0.2) is 18.3 Å². The van der Waals surface area contributed by atoms with Gasteiger partial charge >= 0.3 is 0 Å². The highest BCUT2D eigenvalue weighted by Crippen LogP contribution is 2.06. The van der Waals surface area contributed by atoms with Crippen LogP contribution in [0.4, 0.5) is 0 Å². The van der Waals surface area contributed by atoms with Crippen LogP contribution in [0.5, 0.6) is 0 Å². The lowest BCUT2D eigenvalue weighted by Crippen LogP contribution is -2.39. The maximum Gasteiger partial charge on any atom is 0.270 e. The molecule has 1 aromatic heterocycles. The SMILES string of the molecule is Cc1cccnc1C(=O)NC(C)C(C)CO. The maximum absolute atomic E-state index is 11.8. The molecule has 16 heavy (non-hydrogen) atoms. The van der Waals surface area contributed by atoms with Crippen LogP contribution >= 0.6 is 0 Å². The van der Waals surface area contributed by atoms with Crippen molar-refractivity contribution in [1.82, 2.24) is 10.3 Å². The highest BCUT2D eigenvalue weighted by molar-refractivity contribution is 5.93.